The third kappa shape index (κ3) is 35.5. The maximum Gasteiger partial charge on any atom is 0.329 e. The molecular weight excluding hydrogens is 678 g/mol. The molecule has 0 radical (unpaired) electrons. The minimum Gasteiger partial charge on any atom is -0.481 e. The lowest BCUT2D eigenvalue weighted by atomic mass is 9.93. The van der Waals surface area contributed by atoms with Crippen LogP contribution in [-0.2, 0) is 52.5 Å². The lowest BCUT2D eigenvalue weighted by Gasteiger charge is -2.13. The summed E-state index contributed by atoms with van der Waals surface area (Å²) in [5, 5.41) is 19.7. The lowest BCUT2D eigenvalue weighted by Crippen LogP contribution is -2.31. The van der Waals surface area contributed by atoms with E-state index in [4.69, 9.17) is 33.9 Å². The molecule has 1 amide bonds. The van der Waals surface area contributed by atoms with Gasteiger partial charge in [-0.2, -0.15) is 0 Å². The van der Waals surface area contributed by atoms with E-state index < -0.39 is 23.8 Å². The van der Waals surface area contributed by atoms with E-state index in [1.807, 2.05) is 0 Å². The van der Waals surface area contributed by atoms with Crippen molar-refractivity contribution in [2.45, 2.75) is 135 Å². The van der Waals surface area contributed by atoms with Gasteiger partial charge in [0.05, 0.1) is 46.1 Å². The second-order valence-electron chi connectivity index (χ2n) is 13.1. The number of nitrogens with one attached hydrogen (secondary N) is 1. The molecule has 1 atom stereocenters. The maximum absolute atomic E-state index is 12.6. The Hall–Kier alpha value is -2.94. The molecule has 0 heterocycles. The molecule has 0 aromatic rings. The number of amides is 1. The molecule has 0 aromatic heterocycles. The van der Waals surface area contributed by atoms with Crippen LogP contribution in [0.2, 0.25) is 0 Å². The van der Waals surface area contributed by atoms with Crippen LogP contribution in [0.3, 0.4) is 0 Å². The van der Waals surface area contributed by atoms with Crippen molar-refractivity contribution in [3.8, 4) is 0 Å². The fourth-order valence-electron chi connectivity index (χ4n) is 5.48. The Balaban J connectivity index is 3.75. The number of unbranched alkanes of at least 4 members (excludes halogenated alkanes) is 13. The molecule has 0 aliphatic carbocycles. The first kappa shape index (κ1) is 49.1. The topological polar surface area (TPSA) is 201 Å². The van der Waals surface area contributed by atoms with E-state index in [0.717, 1.165) is 38.5 Å². The van der Waals surface area contributed by atoms with Crippen molar-refractivity contribution >= 4 is 35.4 Å². The van der Waals surface area contributed by atoms with Crippen LogP contribution in [0.15, 0.2) is 0 Å². The average molecular weight is 746 g/mol. The highest BCUT2D eigenvalue weighted by Gasteiger charge is 2.23. The van der Waals surface area contributed by atoms with Gasteiger partial charge in [0.25, 0.3) is 0 Å². The predicted molar refractivity (Wildman–Crippen MR) is 194 cm³/mol. The van der Waals surface area contributed by atoms with Crippen molar-refractivity contribution in [1.29, 1.82) is 0 Å². The Labute approximate surface area is 310 Å². The van der Waals surface area contributed by atoms with E-state index in [2.05, 4.69) is 5.32 Å². The first-order valence-electron chi connectivity index (χ1n) is 19.3. The quantitative estimate of drug-likeness (QED) is 0.0528. The summed E-state index contributed by atoms with van der Waals surface area (Å²) in [5.41, 5.74) is 0. The van der Waals surface area contributed by atoms with Gasteiger partial charge >= 0.3 is 17.9 Å². The van der Waals surface area contributed by atoms with Crippen LogP contribution in [0, 0.1) is 5.92 Å². The normalized spacial score (nSPS) is 11.6. The van der Waals surface area contributed by atoms with Crippen LogP contribution >= 0.6 is 0 Å². The van der Waals surface area contributed by atoms with Crippen LogP contribution in [0.4, 0.5) is 0 Å². The molecular formula is C38H67NO13. The van der Waals surface area contributed by atoms with Crippen molar-refractivity contribution in [3.63, 3.8) is 0 Å². The van der Waals surface area contributed by atoms with E-state index in [1.165, 1.54) is 58.5 Å². The number of ketones is 2. The third-order valence-corrected chi connectivity index (χ3v) is 8.39. The smallest absolute Gasteiger partial charge is 0.329 e. The van der Waals surface area contributed by atoms with Crippen molar-refractivity contribution < 1.29 is 62.7 Å². The summed E-state index contributed by atoms with van der Waals surface area (Å²) in [6.45, 7) is 1.27. The number of ether oxygens (including phenoxy) is 5. The monoisotopic (exact) mass is 745 g/mol. The largest absolute Gasteiger partial charge is 0.481 e. The molecule has 0 fully saturated rings. The van der Waals surface area contributed by atoms with Crippen molar-refractivity contribution in [3.05, 3.63) is 0 Å². The maximum atomic E-state index is 12.6. The van der Waals surface area contributed by atoms with Crippen LogP contribution < -0.4 is 5.32 Å². The van der Waals surface area contributed by atoms with Gasteiger partial charge in [0.2, 0.25) is 5.91 Å². The van der Waals surface area contributed by atoms with Crippen LogP contribution in [0.5, 0.6) is 0 Å². The summed E-state index contributed by atoms with van der Waals surface area (Å²) >= 11 is 0. The van der Waals surface area contributed by atoms with Crippen LogP contribution in [0.25, 0.3) is 0 Å². The van der Waals surface area contributed by atoms with Gasteiger partial charge in [-0.25, -0.2) is 4.79 Å². The SMILES string of the molecule is COC(=O)[C@H](CCC(=O)CCCOCCOCC(=O)NCCOCCOCC(=O)O)CC(=O)CCCCCCCCCCCCCCCCC(=O)O. The van der Waals surface area contributed by atoms with Gasteiger partial charge in [0.1, 0.15) is 24.8 Å². The highest BCUT2D eigenvalue weighted by molar-refractivity contribution is 5.85. The number of hydrogen-bond acceptors (Lipinski definition) is 11. The van der Waals surface area contributed by atoms with E-state index in [-0.39, 0.29) is 95.9 Å². The average Bonchev–Trinajstić information content (AvgIpc) is 3.11. The van der Waals surface area contributed by atoms with Crippen molar-refractivity contribution in [2.75, 3.05) is 66.5 Å². The number of esters is 1. The number of carboxylic acid groups (broad SMARTS) is 2. The molecule has 0 aromatic carbocycles. The summed E-state index contributed by atoms with van der Waals surface area (Å²) in [6.07, 6.45) is 17.7. The summed E-state index contributed by atoms with van der Waals surface area (Å²) in [5.74, 6) is -3.09. The number of carboxylic acids is 2. The van der Waals surface area contributed by atoms with Gasteiger partial charge in [0, 0.05) is 45.3 Å². The third-order valence-electron chi connectivity index (χ3n) is 8.39. The number of rotatable bonds is 40. The molecule has 0 aliphatic rings. The Morgan fingerprint density at radius 1 is 0.500 bits per heavy atom. The summed E-state index contributed by atoms with van der Waals surface area (Å²) in [6, 6.07) is 0. The predicted octanol–water partition coefficient (Wildman–Crippen LogP) is 5.46. The molecule has 0 unspecified atom stereocenters. The molecule has 302 valence electrons. The molecule has 3 N–H and O–H groups in total. The second kappa shape index (κ2) is 36.4. The minimum absolute atomic E-state index is 0.000367. The highest BCUT2D eigenvalue weighted by atomic mass is 16.5. The Bertz CT molecular complexity index is 959. The Kier molecular flexibility index (Phi) is 34.4. The Morgan fingerprint density at radius 2 is 0.981 bits per heavy atom. The fraction of sp³-hybridized carbons (Fsp3) is 0.842. The summed E-state index contributed by atoms with van der Waals surface area (Å²) < 4.78 is 25.6. The van der Waals surface area contributed by atoms with Crippen LogP contribution in [0.1, 0.15) is 135 Å². The van der Waals surface area contributed by atoms with E-state index in [0.29, 0.717) is 25.9 Å². The number of Topliss-reactive ketones (excluding diaryl/α,β-unsaturated/α-hetero) is 2. The number of methoxy groups -OCH3 is 1. The molecule has 52 heavy (non-hydrogen) atoms. The van der Waals surface area contributed by atoms with E-state index >= 15 is 0 Å². The first-order chi connectivity index (χ1) is 25.1. The molecule has 0 rings (SSSR count). The Morgan fingerprint density at radius 3 is 1.52 bits per heavy atom. The molecule has 0 bridgehead atoms. The number of hydrogen-bond donors (Lipinski definition) is 3. The zero-order valence-electron chi connectivity index (χ0n) is 31.7. The van der Waals surface area contributed by atoms with Gasteiger partial charge in [0.15, 0.2) is 0 Å². The van der Waals surface area contributed by atoms with E-state index in [9.17, 15) is 28.8 Å². The van der Waals surface area contributed by atoms with Crippen molar-refractivity contribution in [1.82, 2.24) is 5.32 Å². The molecule has 0 saturated carbocycles. The molecule has 0 saturated heterocycles. The van der Waals surface area contributed by atoms with Crippen molar-refractivity contribution in [2.24, 2.45) is 5.92 Å². The van der Waals surface area contributed by atoms with Gasteiger partial charge in [-0.3, -0.25) is 24.0 Å². The number of carbonyl (C=O) groups is 6. The minimum atomic E-state index is -1.05. The van der Waals surface area contributed by atoms with E-state index in [1.54, 1.807) is 0 Å². The zero-order chi connectivity index (χ0) is 38.5. The summed E-state index contributed by atoms with van der Waals surface area (Å²) in [7, 11) is 1.30. The van der Waals surface area contributed by atoms with Gasteiger partial charge in [-0.1, -0.05) is 77.0 Å². The highest BCUT2D eigenvalue weighted by Crippen LogP contribution is 2.18. The zero-order valence-corrected chi connectivity index (χ0v) is 31.7. The van der Waals surface area contributed by atoms with Crippen LogP contribution in [-0.4, -0.2) is 112 Å². The standard InChI is InChI=1S/C38H67NO13/c1-48-38(47)32(29-34(41)17-14-12-10-8-6-4-2-3-5-7-9-11-13-15-19-36(43)44)20-21-33(40)18-16-23-49-25-27-51-30-35(42)39-22-24-50-26-28-52-31-37(45)46/h32H,2-31H2,1H3,(H,39,42)(H,43,44)(H,45,46)/t32-/m1/s1. The molecule has 14 nitrogen and oxygen atoms in total. The molecule has 0 spiro atoms. The molecule has 14 heteroatoms. The number of aliphatic carboxylic acids is 2. The van der Waals surface area contributed by atoms with Gasteiger partial charge in [-0.15, -0.1) is 0 Å². The summed E-state index contributed by atoms with van der Waals surface area (Å²) in [4.78, 5) is 69.8. The number of carbonyl (C=O) groups excluding carboxylic acids is 4. The van der Waals surface area contributed by atoms with Gasteiger partial charge in [-0.05, 0) is 25.7 Å². The second-order valence-corrected chi connectivity index (χ2v) is 13.1. The molecule has 0 aliphatic heterocycles. The lowest BCUT2D eigenvalue weighted by molar-refractivity contribution is -0.147. The fourth-order valence-corrected chi connectivity index (χ4v) is 5.48. The van der Waals surface area contributed by atoms with Gasteiger partial charge < -0.3 is 39.2 Å². The first-order valence-corrected chi connectivity index (χ1v) is 19.3.